The van der Waals surface area contributed by atoms with Crippen molar-refractivity contribution in [2.24, 2.45) is 103 Å². The first-order chi connectivity index (χ1) is 26.9. The lowest BCUT2D eigenvalue weighted by atomic mass is 9.43. The van der Waals surface area contributed by atoms with Crippen molar-refractivity contribution in [2.75, 3.05) is 0 Å². The van der Waals surface area contributed by atoms with Crippen LogP contribution in [0.15, 0.2) is 10.2 Å². The number of hydrogen-bond acceptors (Lipinski definition) is 7. The lowest BCUT2D eigenvalue weighted by Gasteiger charge is -2.62. The SMILES string of the molecule is C[C@H](CCC(=O)O)[C@H]1CC[C@H]2[C@@H]3/C(=N/N=C4\C[C@H]5[C@@H]([C@H](O)C[C@@H]6C[C@H](O)CC[C@@]65C)[C@@H]5CC[C@H]([C@H](C)CCC(=O)O)[C@@]45C)C[C@@H]4C[C@H](O)CC[C@]4(C)[C@H]3CC[C@]12C. The van der Waals surface area contributed by atoms with E-state index in [2.05, 4.69) is 41.5 Å². The summed E-state index contributed by atoms with van der Waals surface area (Å²) >= 11 is 0. The molecule has 5 N–H and O–H groups in total. The highest BCUT2D eigenvalue weighted by Crippen LogP contribution is 2.70. The average Bonchev–Trinajstić information content (AvgIpc) is 3.70. The highest BCUT2D eigenvalue weighted by molar-refractivity contribution is 5.94. The third kappa shape index (κ3) is 6.80. The van der Waals surface area contributed by atoms with E-state index in [1.807, 2.05) is 0 Å². The normalized spacial score (nSPS) is 51.5. The Kier molecular flexibility index (Phi) is 11.2. The number of aliphatic hydroxyl groups excluding tert-OH is 3. The zero-order chi connectivity index (χ0) is 40.8. The maximum Gasteiger partial charge on any atom is 0.303 e. The quantitative estimate of drug-likeness (QED) is 0.146. The Morgan fingerprint density at radius 2 is 1.18 bits per heavy atom. The van der Waals surface area contributed by atoms with E-state index in [4.69, 9.17) is 10.2 Å². The summed E-state index contributed by atoms with van der Waals surface area (Å²) in [5.41, 5.74) is 2.42. The van der Waals surface area contributed by atoms with Crippen LogP contribution >= 0.6 is 0 Å². The molecule has 8 aliphatic rings. The van der Waals surface area contributed by atoms with E-state index in [9.17, 15) is 35.1 Å². The Hall–Kier alpha value is -1.84. The van der Waals surface area contributed by atoms with Crippen molar-refractivity contribution in [3.63, 3.8) is 0 Å². The van der Waals surface area contributed by atoms with Crippen molar-refractivity contribution in [3.05, 3.63) is 0 Å². The molecule has 9 nitrogen and oxygen atoms in total. The third-order valence-corrected chi connectivity index (χ3v) is 20.5. The molecule has 9 heteroatoms. The molecule has 0 bridgehead atoms. The van der Waals surface area contributed by atoms with Gasteiger partial charge in [0.15, 0.2) is 0 Å². The van der Waals surface area contributed by atoms with Gasteiger partial charge in [-0.25, -0.2) is 0 Å². The van der Waals surface area contributed by atoms with Gasteiger partial charge in [0.05, 0.1) is 18.3 Å². The summed E-state index contributed by atoms with van der Waals surface area (Å²) in [4.78, 5) is 23.4. The van der Waals surface area contributed by atoms with Crippen LogP contribution in [-0.2, 0) is 9.59 Å². The van der Waals surface area contributed by atoms with Crippen LogP contribution in [0.3, 0.4) is 0 Å². The molecule has 0 heterocycles. The third-order valence-electron chi connectivity index (χ3n) is 20.5. The van der Waals surface area contributed by atoms with E-state index < -0.39 is 18.0 Å². The summed E-state index contributed by atoms with van der Waals surface area (Å²) in [6.07, 6.45) is 15.1. The molecule has 320 valence electrons. The fraction of sp³-hybridized carbons (Fsp3) is 0.917. The number of nitrogens with zero attached hydrogens (tertiary/aromatic N) is 2. The molecule has 0 aromatic heterocycles. The van der Waals surface area contributed by atoms with Crippen molar-refractivity contribution < 1.29 is 35.1 Å². The second-order valence-electron chi connectivity index (χ2n) is 22.7. The smallest absolute Gasteiger partial charge is 0.303 e. The van der Waals surface area contributed by atoms with Crippen molar-refractivity contribution in [1.82, 2.24) is 0 Å². The fourth-order valence-electron chi connectivity index (χ4n) is 17.3. The molecule has 57 heavy (non-hydrogen) atoms. The van der Waals surface area contributed by atoms with Crippen LogP contribution in [0.2, 0.25) is 0 Å². The molecule has 0 radical (unpaired) electrons. The van der Waals surface area contributed by atoms with Crippen molar-refractivity contribution in [3.8, 4) is 0 Å². The lowest BCUT2D eigenvalue weighted by molar-refractivity contribution is -0.150. The van der Waals surface area contributed by atoms with Crippen LogP contribution in [0.25, 0.3) is 0 Å². The predicted molar refractivity (Wildman–Crippen MR) is 222 cm³/mol. The standard InChI is InChI=1S/C48H76N2O7/c1-26(7-13-41(54)55)32-9-11-34-43-35(17-20-47(32,34)5)45(3)18-15-30(51)21-28(45)23-38(43)49-50-40-25-37-44(39(53)24-29-22-31(52)16-19-46(29,37)4)36-12-10-33(48(36,40)6)27(2)8-14-42(56)57/h26-37,39,43-44,51-53H,7-25H2,1-6H3,(H,54,55)(H,56,57)/b49-38+,50-40+/t26-,27-,28+,29+,30-,31-,32-,33-,34+,35+,36+,37+,39-,43+,44+,45+,46+,47-,48-/m1/s1. The van der Waals surface area contributed by atoms with E-state index in [1.165, 1.54) is 17.8 Å². The monoisotopic (exact) mass is 793 g/mol. The molecule has 0 unspecified atom stereocenters. The summed E-state index contributed by atoms with van der Waals surface area (Å²) in [6.45, 7) is 14.4. The molecule has 0 aromatic carbocycles. The van der Waals surface area contributed by atoms with Crippen LogP contribution in [0.1, 0.15) is 164 Å². The topological polar surface area (TPSA) is 160 Å². The molecule has 0 aliphatic heterocycles. The number of aliphatic hydroxyl groups is 3. The largest absolute Gasteiger partial charge is 0.481 e. The number of hydrogen-bond donors (Lipinski definition) is 5. The van der Waals surface area contributed by atoms with E-state index in [0.29, 0.717) is 41.9 Å². The Balaban J connectivity index is 1.21. The van der Waals surface area contributed by atoms with E-state index in [1.54, 1.807) is 0 Å². The second-order valence-corrected chi connectivity index (χ2v) is 22.7. The van der Waals surface area contributed by atoms with Crippen LogP contribution in [0, 0.1) is 92.7 Å². The molecule has 19 atom stereocenters. The van der Waals surface area contributed by atoms with Crippen molar-refractivity contribution in [2.45, 2.75) is 182 Å². The van der Waals surface area contributed by atoms with Crippen LogP contribution < -0.4 is 0 Å². The van der Waals surface area contributed by atoms with Crippen molar-refractivity contribution >= 4 is 23.4 Å². The molecule has 8 saturated carbocycles. The van der Waals surface area contributed by atoms with Crippen LogP contribution in [0.5, 0.6) is 0 Å². The number of fused-ring (bicyclic) bond motifs is 10. The summed E-state index contributed by atoms with van der Waals surface area (Å²) in [5.74, 6) is 2.51. The number of carboxylic acid groups (broad SMARTS) is 2. The van der Waals surface area contributed by atoms with Gasteiger partial charge < -0.3 is 25.5 Å². The first-order valence-corrected chi connectivity index (χ1v) is 23.5. The number of carbonyl (C=O) groups is 2. The number of carboxylic acids is 2. The molecule has 8 aliphatic carbocycles. The average molecular weight is 793 g/mol. The van der Waals surface area contributed by atoms with Gasteiger partial charge in [-0.1, -0.05) is 41.5 Å². The molecule has 0 aromatic rings. The van der Waals surface area contributed by atoms with Gasteiger partial charge in [0.25, 0.3) is 0 Å². The molecule has 0 amide bonds. The Labute approximate surface area is 342 Å². The molecular formula is C48H76N2O7. The van der Waals surface area contributed by atoms with Gasteiger partial charge in [0, 0.05) is 35.6 Å². The van der Waals surface area contributed by atoms with E-state index in [-0.39, 0.29) is 82.2 Å². The van der Waals surface area contributed by atoms with E-state index in [0.717, 1.165) is 96.3 Å². The van der Waals surface area contributed by atoms with Gasteiger partial charge in [-0.3, -0.25) is 9.59 Å². The zero-order valence-corrected chi connectivity index (χ0v) is 36.0. The minimum atomic E-state index is -0.747. The zero-order valence-electron chi connectivity index (χ0n) is 36.0. The highest BCUT2D eigenvalue weighted by Gasteiger charge is 2.66. The molecule has 0 saturated heterocycles. The minimum Gasteiger partial charge on any atom is -0.481 e. The van der Waals surface area contributed by atoms with Gasteiger partial charge in [0.1, 0.15) is 0 Å². The Morgan fingerprint density at radius 3 is 1.82 bits per heavy atom. The van der Waals surface area contributed by atoms with Gasteiger partial charge in [-0.2, -0.15) is 10.2 Å². The van der Waals surface area contributed by atoms with Crippen LogP contribution in [0.4, 0.5) is 0 Å². The maximum absolute atomic E-state index is 12.1. The number of aliphatic carboxylic acids is 2. The minimum absolute atomic E-state index is 0.0166. The summed E-state index contributed by atoms with van der Waals surface area (Å²) in [7, 11) is 0. The lowest BCUT2D eigenvalue weighted by Crippen LogP contribution is -2.61. The van der Waals surface area contributed by atoms with Gasteiger partial charge >= 0.3 is 11.9 Å². The molecule has 8 fully saturated rings. The van der Waals surface area contributed by atoms with Gasteiger partial charge in [-0.15, -0.1) is 0 Å². The first-order valence-electron chi connectivity index (χ1n) is 23.5. The predicted octanol–water partition coefficient (Wildman–Crippen LogP) is 9.02. The Morgan fingerprint density at radius 1 is 0.632 bits per heavy atom. The first kappa shape index (κ1) is 41.9. The van der Waals surface area contributed by atoms with Crippen molar-refractivity contribution in [1.29, 1.82) is 0 Å². The summed E-state index contributed by atoms with van der Waals surface area (Å²) < 4.78 is 0. The van der Waals surface area contributed by atoms with Gasteiger partial charge in [-0.05, 0) is 190 Å². The second kappa shape index (κ2) is 15.3. The van der Waals surface area contributed by atoms with Crippen LogP contribution in [-0.4, -0.2) is 67.2 Å². The summed E-state index contributed by atoms with van der Waals surface area (Å²) in [5, 5.41) is 64.3. The molecule has 0 spiro atoms. The van der Waals surface area contributed by atoms with Gasteiger partial charge in [0.2, 0.25) is 0 Å². The summed E-state index contributed by atoms with van der Waals surface area (Å²) in [6, 6.07) is 0. The molecular weight excluding hydrogens is 717 g/mol. The number of rotatable bonds is 9. The Bertz CT molecular complexity index is 1610. The maximum atomic E-state index is 12.1. The fourth-order valence-corrected chi connectivity index (χ4v) is 17.3. The highest BCUT2D eigenvalue weighted by atomic mass is 16.4. The van der Waals surface area contributed by atoms with E-state index >= 15 is 0 Å². The molecule has 8 rings (SSSR count).